The Hall–Kier alpha value is -2.07. The summed E-state index contributed by atoms with van der Waals surface area (Å²) < 4.78 is 7.17. The van der Waals surface area contributed by atoms with Crippen LogP contribution in [0.25, 0.3) is 16.9 Å². The first-order valence-electron chi connectivity index (χ1n) is 8.63. The van der Waals surface area contributed by atoms with E-state index in [9.17, 15) is 0 Å². The quantitative estimate of drug-likeness (QED) is 0.613. The molecule has 3 aromatic rings. The summed E-state index contributed by atoms with van der Waals surface area (Å²) in [5, 5.41) is 0.406. The minimum Gasteiger partial charge on any atom is -0.497 e. The first kappa shape index (κ1) is 17.7. The third-order valence-electron chi connectivity index (χ3n) is 4.27. The highest BCUT2D eigenvalue weighted by Gasteiger charge is 2.16. The second-order valence-electron chi connectivity index (χ2n) is 7.03. The van der Waals surface area contributed by atoms with Gasteiger partial charge in [0, 0.05) is 11.8 Å². The zero-order chi connectivity index (χ0) is 18.1. The number of rotatable bonds is 5. The van der Waals surface area contributed by atoms with Crippen LogP contribution in [-0.4, -0.2) is 21.6 Å². The fourth-order valence-electron chi connectivity index (χ4n) is 3.08. The minimum atomic E-state index is 0.406. The second-order valence-corrected chi connectivity index (χ2v) is 7.37. The van der Waals surface area contributed by atoms with Gasteiger partial charge in [-0.25, -0.2) is 9.97 Å². The van der Waals surface area contributed by atoms with E-state index in [-0.39, 0.29) is 0 Å². The summed E-state index contributed by atoms with van der Waals surface area (Å²) in [4.78, 5) is 9.39. The number of methoxy groups -OCH3 is 1. The van der Waals surface area contributed by atoms with Gasteiger partial charge in [-0.2, -0.15) is 0 Å². The van der Waals surface area contributed by atoms with Crippen LogP contribution in [0.5, 0.6) is 5.75 Å². The maximum absolute atomic E-state index is 6.43. The normalized spacial score (nSPS) is 11.7. The van der Waals surface area contributed by atoms with Crippen LogP contribution < -0.4 is 4.74 Å². The van der Waals surface area contributed by atoms with Crippen molar-refractivity contribution >= 4 is 22.6 Å². The highest BCUT2D eigenvalue weighted by atomic mass is 35.5. The number of pyridine rings is 1. The van der Waals surface area contributed by atoms with Crippen LogP contribution in [-0.2, 0) is 6.42 Å². The molecule has 0 atom stereocenters. The van der Waals surface area contributed by atoms with Crippen LogP contribution in [0.4, 0.5) is 0 Å². The summed E-state index contributed by atoms with van der Waals surface area (Å²) >= 11 is 6.43. The first-order chi connectivity index (χ1) is 11.9. The molecule has 0 amide bonds. The molecule has 0 aliphatic rings. The van der Waals surface area contributed by atoms with Gasteiger partial charge in [-0.05, 0) is 53.6 Å². The number of benzene rings is 1. The van der Waals surface area contributed by atoms with Gasteiger partial charge >= 0.3 is 0 Å². The molecule has 0 aliphatic carbocycles. The molecule has 0 aliphatic heterocycles. The Morgan fingerprint density at radius 1 is 1.08 bits per heavy atom. The standard InChI is InChI=1S/C20H24ClN3O/c1-12(2)10-16-15(13(3)4)7-9-19(22-16)24-18-8-6-14(25-5)11-17(18)23-20(24)21/h6-9,11-13H,10H2,1-5H3. The van der Waals surface area contributed by atoms with E-state index in [2.05, 4.69) is 38.7 Å². The lowest BCUT2D eigenvalue weighted by Crippen LogP contribution is -2.08. The van der Waals surface area contributed by atoms with Gasteiger partial charge in [0.1, 0.15) is 11.6 Å². The molecule has 0 radical (unpaired) electrons. The molecule has 3 rings (SSSR count). The van der Waals surface area contributed by atoms with Crippen molar-refractivity contribution < 1.29 is 4.74 Å². The fraction of sp³-hybridized carbons (Fsp3) is 0.400. The molecule has 0 spiro atoms. The summed E-state index contributed by atoms with van der Waals surface area (Å²) in [5.41, 5.74) is 4.14. The van der Waals surface area contributed by atoms with Gasteiger partial charge in [0.05, 0.1) is 18.1 Å². The molecule has 0 bridgehead atoms. The lowest BCUT2D eigenvalue weighted by Gasteiger charge is -2.16. The zero-order valence-corrected chi connectivity index (χ0v) is 16.1. The lowest BCUT2D eigenvalue weighted by atomic mass is 9.96. The van der Waals surface area contributed by atoms with Crippen molar-refractivity contribution in [3.8, 4) is 11.6 Å². The predicted molar refractivity (Wildman–Crippen MR) is 103 cm³/mol. The van der Waals surface area contributed by atoms with E-state index in [1.165, 1.54) is 5.56 Å². The second kappa shape index (κ2) is 7.04. The van der Waals surface area contributed by atoms with Crippen LogP contribution in [0.1, 0.15) is 44.9 Å². The van der Waals surface area contributed by atoms with Crippen LogP contribution in [0.15, 0.2) is 30.3 Å². The summed E-state index contributed by atoms with van der Waals surface area (Å²) in [5.74, 6) is 2.55. The number of nitrogens with zero attached hydrogens (tertiary/aromatic N) is 3. The number of aromatic nitrogens is 3. The van der Waals surface area contributed by atoms with Crippen molar-refractivity contribution in [3.63, 3.8) is 0 Å². The van der Waals surface area contributed by atoms with E-state index in [4.69, 9.17) is 21.3 Å². The van der Waals surface area contributed by atoms with Crippen molar-refractivity contribution in [1.29, 1.82) is 0 Å². The number of imidazole rings is 1. The van der Waals surface area contributed by atoms with Crippen LogP contribution in [0.3, 0.4) is 0 Å². The topological polar surface area (TPSA) is 39.9 Å². The Bertz CT molecular complexity index is 899. The molecule has 0 unspecified atom stereocenters. The SMILES string of the molecule is COc1ccc2c(c1)nc(Cl)n2-c1ccc(C(C)C)c(CC(C)C)n1. The number of fused-ring (bicyclic) bond motifs is 1. The third kappa shape index (κ3) is 3.49. The van der Waals surface area contributed by atoms with E-state index in [1.807, 2.05) is 28.8 Å². The van der Waals surface area contributed by atoms with Gasteiger partial charge in [-0.15, -0.1) is 0 Å². The van der Waals surface area contributed by atoms with E-state index >= 15 is 0 Å². The van der Waals surface area contributed by atoms with Gasteiger partial charge in [0.25, 0.3) is 0 Å². The zero-order valence-electron chi connectivity index (χ0n) is 15.4. The maximum atomic E-state index is 6.43. The molecule has 0 N–H and O–H groups in total. The summed E-state index contributed by atoms with van der Waals surface area (Å²) in [7, 11) is 1.64. The number of hydrogen-bond donors (Lipinski definition) is 0. The van der Waals surface area contributed by atoms with Gasteiger partial charge in [0.15, 0.2) is 0 Å². The molecule has 132 valence electrons. The Morgan fingerprint density at radius 3 is 2.48 bits per heavy atom. The minimum absolute atomic E-state index is 0.406. The van der Waals surface area contributed by atoms with Crippen molar-refractivity contribution in [2.45, 2.75) is 40.0 Å². The van der Waals surface area contributed by atoms with E-state index in [1.54, 1.807) is 7.11 Å². The number of halogens is 1. The molecule has 1 aromatic carbocycles. The first-order valence-corrected chi connectivity index (χ1v) is 9.00. The summed E-state index contributed by atoms with van der Waals surface area (Å²) in [6.07, 6.45) is 0.944. The Morgan fingerprint density at radius 2 is 1.84 bits per heavy atom. The largest absolute Gasteiger partial charge is 0.497 e. The van der Waals surface area contributed by atoms with Crippen LogP contribution in [0.2, 0.25) is 5.28 Å². The molecular weight excluding hydrogens is 334 g/mol. The molecule has 25 heavy (non-hydrogen) atoms. The number of ether oxygens (including phenoxy) is 1. The Balaban J connectivity index is 2.16. The average molecular weight is 358 g/mol. The van der Waals surface area contributed by atoms with Gasteiger partial charge in [-0.3, -0.25) is 4.57 Å². The molecule has 0 fully saturated rings. The maximum Gasteiger partial charge on any atom is 0.209 e. The lowest BCUT2D eigenvalue weighted by molar-refractivity contribution is 0.415. The van der Waals surface area contributed by atoms with Gasteiger partial charge in [0.2, 0.25) is 5.28 Å². The van der Waals surface area contributed by atoms with Gasteiger partial charge < -0.3 is 4.74 Å². The number of hydrogen-bond acceptors (Lipinski definition) is 3. The molecule has 2 heterocycles. The highest BCUT2D eigenvalue weighted by Crippen LogP contribution is 2.29. The van der Waals surface area contributed by atoms with E-state index in [0.717, 1.165) is 34.7 Å². The predicted octanol–water partition coefficient (Wildman–Crippen LogP) is 5.40. The van der Waals surface area contributed by atoms with Crippen LogP contribution >= 0.6 is 11.6 Å². The van der Waals surface area contributed by atoms with Crippen molar-refractivity contribution in [3.05, 3.63) is 46.9 Å². The molecule has 0 saturated carbocycles. The van der Waals surface area contributed by atoms with E-state index in [0.29, 0.717) is 17.1 Å². The van der Waals surface area contributed by atoms with Crippen molar-refractivity contribution in [2.75, 3.05) is 7.11 Å². The highest BCUT2D eigenvalue weighted by molar-refractivity contribution is 6.29. The Labute approximate surface area is 153 Å². The summed E-state index contributed by atoms with van der Waals surface area (Å²) in [6, 6.07) is 9.95. The summed E-state index contributed by atoms with van der Waals surface area (Å²) in [6.45, 7) is 8.83. The average Bonchev–Trinajstić information content (AvgIpc) is 2.88. The monoisotopic (exact) mass is 357 g/mol. The molecule has 5 heteroatoms. The molecule has 4 nitrogen and oxygen atoms in total. The van der Waals surface area contributed by atoms with Crippen molar-refractivity contribution in [1.82, 2.24) is 14.5 Å². The smallest absolute Gasteiger partial charge is 0.209 e. The van der Waals surface area contributed by atoms with Gasteiger partial charge in [-0.1, -0.05) is 33.8 Å². The van der Waals surface area contributed by atoms with Crippen molar-refractivity contribution in [2.24, 2.45) is 5.92 Å². The fourth-order valence-corrected chi connectivity index (χ4v) is 3.35. The Kier molecular flexibility index (Phi) is 5.00. The molecule has 0 saturated heterocycles. The molecule has 2 aromatic heterocycles. The third-order valence-corrected chi connectivity index (χ3v) is 4.52. The van der Waals surface area contributed by atoms with E-state index < -0.39 is 0 Å². The van der Waals surface area contributed by atoms with Crippen LogP contribution in [0, 0.1) is 5.92 Å². The molecular formula is C20H24ClN3O.